The summed E-state index contributed by atoms with van der Waals surface area (Å²) in [4.78, 5) is 11.4. The third-order valence-corrected chi connectivity index (χ3v) is 3.44. The van der Waals surface area contributed by atoms with Gasteiger partial charge in [0.15, 0.2) is 0 Å². The largest absolute Gasteiger partial charge is 0.466 e. The molecule has 0 aromatic heterocycles. The highest BCUT2D eigenvalue weighted by Crippen LogP contribution is 2.02. The number of rotatable bonds is 17. The van der Waals surface area contributed by atoms with Crippen LogP contribution in [0, 0.1) is 0 Å². The van der Waals surface area contributed by atoms with Gasteiger partial charge in [-0.25, -0.2) is 0 Å². The highest BCUT2D eigenvalue weighted by molar-refractivity contribution is 5.69. The van der Waals surface area contributed by atoms with Crippen molar-refractivity contribution in [2.75, 3.05) is 33.0 Å². The van der Waals surface area contributed by atoms with Crippen molar-refractivity contribution in [1.82, 2.24) is 0 Å². The van der Waals surface area contributed by atoms with Gasteiger partial charge in [-0.2, -0.15) is 0 Å². The summed E-state index contributed by atoms with van der Waals surface area (Å²) in [6.07, 6.45) is 10.7. The molecule has 0 unspecified atom stereocenters. The highest BCUT2D eigenvalue weighted by Gasteiger charge is 2.02. The molecule has 4 nitrogen and oxygen atoms in total. The van der Waals surface area contributed by atoms with E-state index in [1.807, 2.05) is 0 Å². The fraction of sp³-hybridized carbons (Fsp3) is 0.944. The molecule has 0 N–H and O–H groups in total. The molecule has 0 aliphatic carbocycles. The van der Waals surface area contributed by atoms with Gasteiger partial charge < -0.3 is 14.2 Å². The molecule has 0 aromatic carbocycles. The van der Waals surface area contributed by atoms with Crippen LogP contribution in [-0.2, 0) is 19.0 Å². The van der Waals surface area contributed by atoms with E-state index < -0.39 is 0 Å². The Morgan fingerprint density at radius 2 is 1.18 bits per heavy atom. The molecule has 0 aliphatic rings. The molecule has 132 valence electrons. The summed E-state index contributed by atoms with van der Waals surface area (Å²) >= 11 is 0. The Kier molecular flexibility index (Phi) is 17.9. The fourth-order valence-electron chi connectivity index (χ4n) is 2.06. The van der Waals surface area contributed by atoms with Crippen LogP contribution in [0.5, 0.6) is 0 Å². The second-order valence-electron chi connectivity index (χ2n) is 5.67. The van der Waals surface area contributed by atoms with Crippen molar-refractivity contribution < 1.29 is 19.0 Å². The lowest BCUT2D eigenvalue weighted by atomic mass is 10.2. The molecule has 0 fully saturated rings. The molecule has 0 spiro atoms. The maximum Gasteiger partial charge on any atom is 0.305 e. The van der Waals surface area contributed by atoms with E-state index in [9.17, 15) is 4.79 Å². The van der Waals surface area contributed by atoms with Gasteiger partial charge in [-0.05, 0) is 19.3 Å². The molecule has 4 heteroatoms. The minimum absolute atomic E-state index is 0.108. The van der Waals surface area contributed by atoms with Crippen LogP contribution in [0.25, 0.3) is 0 Å². The summed E-state index contributed by atoms with van der Waals surface area (Å²) in [5, 5.41) is 0. The Bertz CT molecular complexity index is 231. The Morgan fingerprint density at radius 3 is 1.86 bits per heavy atom. The van der Waals surface area contributed by atoms with E-state index in [0.717, 1.165) is 38.7 Å². The fourth-order valence-corrected chi connectivity index (χ4v) is 2.06. The summed E-state index contributed by atoms with van der Waals surface area (Å²) in [5.74, 6) is -0.108. The average Bonchev–Trinajstić information content (AvgIpc) is 2.52. The van der Waals surface area contributed by atoms with Gasteiger partial charge in [-0.15, -0.1) is 0 Å². The van der Waals surface area contributed by atoms with Crippen LogP contribution in [0.4, 0.5) is 0 Å². The number of esters is 1. The molecule has 0 rings (SSSR count). The molecule has 0 aromatic rings. The van der Waals surface area contributed by atoms with E-state index in [-0.39, 0.29) is 5.97 Å². The Morgan fingerprint density at radius 1 is 0.636 bits per heavy atom. The van der Waals surface area contributed by atoms with Crippen LogP contribution in [0.15, 0.2) is 0 Å². The molecule has 0 amide bonds. The molecular formula is C18H36O4. The first-order chi connectivity index (χ1) is 10.8. The topological polar surface area (TPSA) is 44.8 Å². The highest BCUT2D eigenvalue weighted by atomic mass is 16.5. The normalized spacial score (nSPS) is 10.8. The predicted octanol–water partition coefficient (Wildman–Crippen LogP) is 4.50. The van der Waals surface area contributed by atoms with Gasteiger partial charge in [0.05, 0.1) is 19.8 Å². The standard InChI is InChI=1S/C18H36O4/c1-3-5-7-8-10-13-20-16-17-21-14-11-12-18(19)22-15-9-6-4-2/h3-17H2,1-2H3. The van der Waals surface area contributed by atoms with Crippen molar-refractivity contribution in [1.29, 1.82) is 0 Å². The van der Waals surface area contributed by atoms with Gasteiger partial charge in [-0.1, -0.05) is 52.4 Å². The van der Waals surface area contributed by atoms with Crippen molar-refractivity contribution in [3.63, 3.8) is 0 Å². The van der Waals surface area contributed by atoms with Gasteiger partial charge in [0.25, 0.3) is 0 Å². The molecule has 0 saturated heterocycles. The van der Waals surface area contributed by atoms with E-state index in [4.69, 9.17) is 14.2 Å². The van der Waals surface area contributed by atoms with Gasteiger partial charge in [-0.3, -0.25) is 4.79 Å². The van der Waals surface area contributed by atoms with Crippen molar-refractivity contribution in [2.24, 2.45) is 0 Å². The first-order valence-corrected chi connectivity index (χ1v) is 9.12. The molecule has 0 bridgehead atoms. The number of unbranched alkanes of at least 4 members (excludes halogenated alkanes) is 6. The monoisotopic (exact) mass is 316 g/mol. The smallest absolute Gasteiger partial charge is 0.305 e. The first-order valence-electron chi connectivity index (χ1n) is 9.12. The third-order valence-electron chi connectivity index (χ3n) is 3.44. The number of hydrogen-bond acceptors (Lipinski definition) is 4. The molecule has 0 saturated carbocycles. The predicted molar refractivity (Wildman–Crippen MR) is 90.1 cm³/mol. The summed E-state index contributed by atoms with van der Waals surface area (Å²) in [5.41, 5.74) is 0. The molecule has 0 atom stereocenters. The van der Waals surface area contributed by atoms with Crippen molar-refractivity contribution >= 4 is 5.97 Å². The van der Waals surface area contributed by atoms with Crippen LogP contribution < -0.4 is 0 Å². The number of carbonyl (C=O) groups is 1. The Hall–Kier alpha value is -0.610. The van der Waals surface area contributed by atoms with E-state index in [0.29, 0.717) is 32.8 Å². The molecule has 22 heavy (non-hydrogen) atoms. The average molecular weight is 316 g/mol. The van der Waals surface area contributed by atoms with Gasteiger partial charge in [0.1, 0.15) is 0 Å². The number of carbonyl (C=O) groups excluding carboxylic acids is 1. The Labute approximate surface area is 136 Å². The van der Waals surface area contributed by atoms with Crippen molar-refractivity contribution in [3.05, 3.63) is 0 Å². The quantitative estimate of drug-likeness (QED) is 0.293. The third kappa shape index (κ3) is 17.4. The van der Waals surface area contributed by atoms with Crippen molar-refractivity contribution in [2.45, 2.75) is 78.1 Å². The van der Waals surface area contributed by atoms with Gasteiger partial charge in [0, 0.05) is 19.6 Å². The zero-order valence-electron chi connectivity index (χ0n) is 14.7. The molecular weight excluding hydrogens is 280 g/mol. The zero-order chi connectivity index (χ0) is 16.3. The molecule has 0 heterocycles. The maximum atomic E-state index is 11.4. The minimum atomic E-state index is -0.108. The second kappa shape index (κ2) is 18.4. The maximum absolute atomic E-state index is 11.4. The number of ether oxygens (including phenoxy) is 3. The zero-order valence-corrected chi connectivity index (χ0v) is 14.7. The van der Waals surface area contributed by atoms with Crippen LogP contribution in [0.2, 0.25) is 0 Å². The van der Waals surface area contributed by atoms with Crippen molar-refractivity contribution in [3.8, 4) is 0 Å². The van der Waals surface area contributed by atoms with Crippen LogP contribution in [-0.4, -0.2) is 39.0 Å². The minimum Gasteiger partial charge on any atom is -0.466 e. The van der Waals surface area contributed by atoms with E-state index in [2.05, 4.69) is 13.8 Å². The molecule has 0 radical (unpaired) electrons. The first kappa shape index (κ1) is 21.4. The van der Waals surface area contributed by atoms with E-state index in [1.54, 1.807) is 0 Å². The lowest BCUT2D eigenvalue weighted by Crippen LogP contribution is -2.09. The van der Waals surface area contributed by atoms with Gasteiger partial charge in [0.2, 0.25) is 0 Å². The Balaban J connectivity index is 3.08. The van der Waals surface area contributed by atoms with E-state index in [1.165, 1.54) is 25.7 Å². The summed E-state index contributed by atoms with van der Waals surface area (Å²) in [6.45, 7) is 7.60. The van der Waals surface area contributed by atoms with Gasteiger partial charge >= 0.3 is 5.97 Å². The SMILES string of the molecule is CCCCCCCOCCOCCCC(=O)OCCCCC. The van der Waals surface area contributed by atoms with E-state index >= 15 is 0 Å². The number of hydrogen-bond donors (Lipinski definition) is 0. The molecule has 0 aliphatic heterocycles. The second-order valence-corrected chi connectivity index (χ2v) is 5.67. The summed E-state index contributed by atoms with van der Waals surface area (Å²) in [7, 11) is 0. The lowest BCUT2D eigenvalue weighted by Gasteiger charge is -2.06. The summed E-state index contributed by atoms with van der Waals surface area (Å²) in [6, 6.07) is 0. The van der Waals surface area contributed by atoms with Crippen LogP contribution >= 0.6 is 0 Å². The summed E-state index contributed by atoms with van der Waals surface area (Å²) < 4.78 is 16.1. The van der Waals surface area contributed by atoms with Crippen LogP contribution in [0.3, 0.4) is 0 Å². The lowest BCUT2D eigenvalue weighted by molar-refractivity contribution is -0.144. The van der Waals surface area contributed by atoms with Crippen LogP contribution in [0.1, 0.15) is 78.1 Å².